The summed E-state index contributed by atoms with van der Waals surface area (Å²) in [6, 6.07) is 2.24. The quantitative estimate of drug-likeness (QED) is 0.636. The molecule has 0 atom stereocenters. The van der Waals surface area contributed by atoms with Gasteiger partial charge < -0.3 is 0 Å². The van der Waals surface area contributed by atoms with Gasteiger partial charge in [0.1, 0.15) is 0 Å². The molecule has 0 aromatic heterocycles. The molecule has 1 saturated carbocycles. The molecule has 0 unspecified atom stereocenters. The van der Waals surface area contributed by atoms with Crippen molar-refractivity contribution in [3.63, 3.8) is 0 Å². The van der Waals surface area contributed by atoms with Gasteiger partial charge in [-0.1, -0.05) is 5.57 Å². The number of hydrogen-bond acceptors (Lipinski definition) is 4. The number of rotatable bonds is 0. The van der Waals surface area contributed by atoms with E-state index in [1.165, 1.54) is 0 Å². The highest BCUT2D eigenvalue weighted by molar-refractivity contribution is 8.18. The number of nitrogens with one attached hydrogen (secondary N) is 1. The van der Waals surface area contributed by atoms with Crippen LogP contribution in [0.3, 0.4) is 0 Å². The van der Waals surface area contributed by atoms with Gasteiger partial charge in [-0.3, -0.25) is 14.9 Å². The van der Waals surface area contributed by atoms with E-state index in [0.29, 0.717) is 4.91 Å². The molecule has 4 nitrogen and oxygen atoms in total. The normalized spacial score (nSPS) is 26.5. The molecule has 78 valence electrons. The van der Waals surface area contributed by atoms with Crippen LogP contribution in [0, 0.1) is 17.2 Å². The lowest BCUT2D eigenvalue weighted by Crippen LogP contribution is -2.19. The lowest BCUT2D eigenvalue weighted by Gasteiger charge is -2.18. The molecule has 5 heteroatoms. The van der Waals surface area contributed by atoms with E-state index in [1.54, 1.807) is 0 Å². The number of nitriles is 1. The van der Waals surface area contributed by atoms with Gasteiger partial charge in [-0.2, -0.15) is 5.26 Å². The third-order valence-corrected chi connectivity index (χ3v) is 3.68. The average molecular weight is 222 g/mol. The second-order valence-electron chi connectivity index (χ2n) is 3.68. The molecule has 0 bridgehead atoms. The number of amides is 2. The van der Waals surface area contributed by atoms with E-state index in [-0.39, 0.29) is 17.1 Å². The average Bonchev–Trinajstić information content (AvgIpc) is 2.58. The molecule has 2 fully saturated rings. The molecule has 0 aromatic carbocycles. The third kappa shape index (κ3) is 2.05. The molecule has 0 radical (unpaired) electrons. The zero-order chi connectivity index (χ0) is 10.8. The minimum absolute atomic E-state index is 0.111. The van der Waals surface area contributed by atoms with Crippen LogP contribution >= 0.6 is 11.8 Å². The van der Waals surface area contributed by atoms with Crippen LogP contribution in [0.25, 0.3) is 0 Å². The summed E-state index contributed by atoms with van der Waals surface area (Å²) in [5, 5.41) is 10.7. The van der Waals surface area contributed by atoms with Gasteiger partial charge in [0.05, 0.1) is 11.0 Å². The Morgan fingerprint density at radius 2 is 2.00 bits per heavy atom. The maximum atomic E-state index is 11.4. The first-order valence-corrected chi connectivity index (χ1v) is 5.67. The van der Waals surface area contributed by atoms with E-state index in [2.05, 4.69) is 11.4 Å². The molecule has 2 amide bonds. The molecule has 0 aromatic rings. The Balaban J connectivity index is 2.12. The van der Waals surface area contributed by atoms with Gasteiger partial charge >= 0.3 is 0 Å². The Bertz CT molecular complexity index is 385. The van der Waals surface area contributed by atoms with E-state index in [1.807, 2.05) is 0 Å². The van der Waals surface area contributed by atoms with Gasteiger partial charge in [-0.05, 0) is 37.4 Å². The van der Waals surface area contributed by atoms with E-state index in [9.17, 15) is 9.59 Å². The van der Waals surface area contributed by atoms with Crippen molar-refractivity contribution in [3.05, 3.63) is 10.5 Å². The fourth-order valence-corrected chi connectivity index (χ4v) is 2.69. The fraction of sp³-hybridized carbons (Fsp3) is 0.500. The van der Waals surface area contributed by atoms with Gasteiger partial charge in [0, 0.05) is 5.92 Å². The van der Waals surface area contributed by atoms with Crippen molar-refractivity contribution in [2.24, 2.45) is 5.92 Å². The molecule has 0 spiro atoms. The number of nitrogens with zero attached hydrogens (tertiary/aromatic N) is 1. The fourth-order valence-electron chi connectivity index (χ4n) is 1.87. The largest absolute Gasteiger partial charge is 0.290 e. The first kappa shape index (κ1) is 10.2. The van der Waals surface area contributed by atoms with Crippen LogP contribution in [-0.2, 0) is 4.79 Å². The van der Waals surface area contributed by atoms with E-state index < -0.39 is 0 Å². The molecule has 1 aliphatic heterocycles. The number of carbonyl (C=O) groups is 2. The monoisotopic (exact) mass is 222 g/mol. The van der Waals surface area contributed by atoms with Gasteiger partial charge in [0.15, 0.2) is 0 Å². The zero-order valence-electron chi connectivity index (χ0n) is 8.08. The molecule has 1 saturated heterocycles. The maximum Gasteiger partial charge on any atom is 0.290 e. The Morgan fingerprint density at radius 1 is 1.33 bits per heavy atom. The van der Waals surface area contributed by atoms with Crippen LogP contribution in [0.1, 0.15) is 25.7 Å². The minimum atomic E-state index is -0.287. The second-order valence-corrected chi connectivity index (χ2v) is 4.66. The van der Waals surface area contributed by atoms with Crippen LogP contribution in [0.15, 0.2) is 10.5 Å². The Hall–Kier alpha value is -1.28. The zero-order valence-corrected chi connectivity index (χ0v) is 8.89. The SMILES string of the molecule is N#CC1CCC(=C2SC(=O)NC2=O)CC1. The maximum absolute atomic E-state index is 11.4. The summed E-state index contributed by atoms with van der Waals surface area (Å²) >= 11 is 0.986. The summed E-state index contributed by atoms with van der Waals surface area (Å²) < 4.78 is 0. The van der Waals surface area contributed by atoms with E-state index in [4.69, 9.17) is 5.26 Å². The molecule has 15 heavy (non-hydrogen) atoms. The molecule has 1 aliphatic carbocycles. The van der Waals surface area contributed by atoms with Crippen molar-refractivity contribution in [3.8, 4) is 6.07 Å². The molecular weight excluding hydrogens is 212 g/mol. The van der Waals surface area contributed by atoms with E-state index in [0.717, 1.165) is 43.0 Å². The number of allylic oxidation sites excluding steroid dienone is 1. The summed E-state index contributed by atoms with van der Waals surface area (Å²) in [4.78, 5) is 22.9. The van der Waals surface area contributed by atoms with Crippen LogP contribution in [-0.4, -0.2) is 11.1 Å². The summed E-state index contributed by atoms with van der Waals surface area (Å²) in [6.45, 7) is 0. The predicted octanol–water partition coefficient (Wildman–Crippen LogP) is 1.94. The first-order chi connectivity index (χ1) is 7.20. The lowest BCUT2D eigenvalue weighted by atomic mass is 9.86. The summed E-state index contributed by atoms with van der Waals surface area (Å²) in [5.41, 5.74) is 1.04. The lowest BCUT2D eigenvalue weighted by molar-refractivity contribution is -0.115. The van der Waals surface area contributed by atoms with Gasteiger partial charge in [-0.25, -0.2) is 0 Å². The molecule has 2 rings (SSSR count). The van der Waals surface area contributed by atoms with Crippen LogP contribution < -0.4 is 5.32 Å². The van der Waals surface area contributed by atoms with Crippen molar-refractivity contribution in [2.75, 3.05) is 0 Å². The number of carbonyl (C=O) groups excluding carboxylic acids is 2. The predicted molar refractivity (Wildman–Crippen MR) is 55.7 cm³/mol. The van der Waals surface area contributed by atoms with Crippen molar-refractivity contribution in [1.29, 1.82) is 5.26 Å². The van der Waals surface area contributed by atoms with Crippen molar-refractivity contribution >= 4 is 22.9 Å². The summed E-state index contributed by atoms with van der Waals surface area (Å²) in [7, 11) is 0. The van der Waals surface area contributed by atoms with Crippen LogP contribution in [0.4, 0.5) is 4.79 Å². The second kappa shape index (κ2) is 4.07. The van der Waals surface area contributed by atoms with Gasteiger partial charge in [-0.15, -0.1) is 0 Å². The van der Waals surface area contributed by atoms with Crippen LogP contribution in [0.5, 0.6) is 0 Å². The number of hydrogen-bond donors (Lipinski definition) is 1. The highest BCUT2D eigenvalue weighted by atomic mass is 32.2. The molecule has 1 heterocycles. The third-order valence-electron chi connectivity index (χ3n) is 2.71. The minimum Gasteiger partial charge on any atom is -0.282 e. The first-order valence-electron chi connectivity index (χ1n) is 4.85. The molecule has 2 aliphatic rings. The molecule has 1 N–H and O–H groups in total. The Morgan fingerprint density at radius 3 is 2.47 bits per heavy atom. The number of imide groups is 1. The van der Waals surface area contributed by atoms with Crippen molar-refractivity contribution in [2.45, 2.75) is 25.7 Å². The van der Waals surface area contributed by atoms with E-state index >= 15 is 0 Å². The highest BCUT2D eigenvalue weighted by Crippen LogP contribution is 2.36. The summed E-state index contributed by atoms with van der Waals surface area (Å²) in [5.74, 6) is -0.157. The highest BCUT2D eigenvalue weighted by Gasteiger charge is 2.30. The van der Waals surface area contributed by atoms with Crippen molar-refractivity contribution < 1.29 is 9.59 Å². The molecular formula is C10H10N2O2S. The Labute approximate surface area is 91.7 Å². The van der Waals surface area contributed by atoms with Crippen LogP contribution in [0.2, 0.25) is 0 Å². The number of thioether (sulfide) groups is 1. The van der Waals surface area contributed by atoms with Gasteiger partial charge in [0.2, 0.25) is 0 Å². The topological polar surface area (TPSA) is 70.0 Å². The van der Waals surface area contributed by atoms with Gasteiger partial charge in [0.25, 0.3) is 11.1 Å². The standard InChI is InChI=1S/C10H10N2O2S/c11-5-6-1-3-7(4-2-6)8-9(13)12-10(14)15-8/h6H,1-4H2,(H,12,13,14). The smallest absolute Gasteiger partial charge is 0.282 e. The Kier molecular flexibility index (Phi) is 2.78. The summed E-state index contributed by atoms with van der Waals surface area (Å²) in [6.07, 6.45) is 3.14. The van der Waals surface area contributed by atoms with Crippen molar-refractivity contribution in [1.82, 2.24) is 5.32 Å².